The van der Waals surface area contributed by atoms with E-state index in [0.717, 1.165) is 13.1 Å². The van der Waals surface area contributed by atoms with Crippen LogP contribution in [0.25, 0.3) is 0 Å². The highest BCUT2D eigenvalue weighted by molar-refractivity contribution is 5.57. The molecule has 0 saturated heterocycles. The molecule has 16 heavy (non-hydrogen) atoms. The van der Waals surface area contributed by atoms with Gasteiger partial charge in [0.05, 0.1) is 24.5 Å². The fourth-order valence-electron chi connectivity index (χ4n) is 1.88. The second kappa shape index (κ2) is 3.81. The van der Waals surface area contributed by atoms with Crippen LogP contribution in [0, 0.1) is 0 Å². The maximum atomic E-state index is 3.17. The highest BCUT2D eigenvalue weighted by atomic mass is 15.5. The van der Waals surface area contributed by atoms with Gasteiger partial charge in [-0.15, -0.1) is 0 Å². The van der Waals surface area contributed by atoms with Crippen LogP contribution in [-0.4, -0.2) is 13.1 Å². The smallest absolute Gasteiger partial charge is 0.0592 e. The third kappa shape index (κ3) is 1.58. The van der Waals surface area contributed by atoms with Crippen LogP contribution in [0.15, 0.2) is 48.8 Å². The lowest BCUT2D eigenvalue weighted by Gasteiger charge is -2.21. The molecule has 0 fully saturated rings. The molecule has 0 amide bonds. The number of nitrogens with zero attached hydrogens (tertiary/aromatic N) is 2. The minimum atomic E-state index is 0.920. The van der Waals surface area contributed by atoms with E-state index >= 15 is 0 Å². The predicted octanol–water partition coefficient (Wildman–Crippen LogP) is 1.36. The molecule has 1 aromatic carbocycles. The summed E-state index contributed by atoms with van der Waals surface area (Å²) in [5.74, 6) is 0. The number of anilines is 2. The van der Waals surface area contributed by atoms with Crippen molar-refractivity contribution in [2.24, 2.45) is 0 Å². The Bertz CT molecular complexity index is 364. The molecule has 4 nitrogen and oxygen atoms in total. The topological polar surface area (TPSA) is 30.5 Å². The van der Waals surface area contributed by atoms with Gasteiger partial charge in [-0.3, -0.25) is 10.0 Å². The quantitative estimate of drug-likeness (QED) is 0.778. The highest BCUT2D eigenvalue weighted by Crippen LogP contribution is 2.20. The van der Waals surface area contributed by atoms with Crippen molar-refractivity contribution in [1.82, 2.24) is 10.9 Å². The first-order chi connectivity index (χ1) is 7.93. The van der Waals surface area contributed by atoms with Crippen LogP contribution in [0.1, 0.15) is 0 Å². The summed E-state index contributed by atoms with van der Waals surface area (Å²) in [4.78, 5) is 0. The third-order valence-corrected chi connectivity index (χ3v) is 2.75. The molecular formula is C12H14N4. The van der Waals surface area contributed by atoms with E-state index in [1.165, 1.54) is 11.4 Å². The maximum Gasteiger partial charge on any atom is 0.0592 e. The van der Waals surface area contributed by atoms with Crippen LogP contribution in [0.5, 0.6) is 0 Å². The first kappa shape index (κ1) is 9.15. The number of rotatable bonds is 2. The molecule has 2 N–H and O–H groups in total. The Balaban J connectivity index is 1.74. The number of hydrazine groups is 2. The summed E-state index contributed by atoms with van der Waals surface area (Å²) in [6.07, 6.45) is 8.11. The molecule has 1 aromatic rings. The van der Waals surface area contributed by atoms with Gasteiger partial charge in [0.1, 0.15) is 0 Å². The second-order valence-corrected chi connectivity index (χ2v) is 3.80. The molecule has 0 saturated carbocycles. The van der Waals surface area contributed by atoms with E-state index in [0.29, 0.717) is 0 Å². The van der Waals surface area contributed by atoms with E-state index < -0.39 is 0 Å². The monoisotopic (exact) mass is 214 g/mol. The lowest BCUT2D eigenvalue weighted by Crippen LogP contribution is -2.30. The van der Waals surface area contributed by atoms with Crippen LogP contribution in [0.3, 0.4) is 0 Å². The SMILES string of the molecule is C1=CNN(c2ccc(N3CC=CN3)cc2)C1. The molecule has 0 unspecified atom stereocenters. The molecule has 0 aromatic heterocycles. The first-order valence-corrected chi connectivity index (χ1v) is 5.41. The molecule has 0 atom stereocenters. The number of hydrogen-bond acceptors (Lipinski definition) is 4. The Kier molecular flexibility index (Phi) is 2.18. The fraction of sp³-hybridized carbons (Fsp3) is 0.167. The predicted molar refractivity (Wildman–Crippen MR) is 65.7 cm³/mol. The first-order valence-electron chi connectivity index (χ1n) is 5.41. The van der Waals surface area contributed by atoms with Crippen LogP contribution < -0.4 is 20.9 Å². The molecule has 3 rings (SSSR count). The van der Waals surface area contributed by atoms with Crippen LogP contribution in [0.2, 0.25) is 0 Å². The maximum absolute atomic E-state index is 3.17. The standard InChI is InChI=1S/C12H14N4/c1-7-13-15(9-1)11-3-5-12(6-4-11)16-10-2-8-14-16/h1-8,13-14H,9-10H2. The summed E-state index contributed by atoms with van der Waals surface area (Å²) >= 11 is 0. The molecule has 0 radical (unpaired) electrons. The van der Waals surface area contributed by atoms with Gasteiger partial charge < -0.3 is 10.9 Å². The minimum Gasteiger partial charge on any atom is -0.306 e. The molecule has 0 spiro atoms. The molecule has 2 aliphatic rings. The summed E-state index contributed by atoms with van der Waals surface area (Å²) in [7, 11) is 0. The summed E-state index contributed by atoms with van der Waals surface area (Å²) in [6.45, 7) is 1.84. The molecular weight excluding hydrogens is 200 g/mol. The largest absolute Gasteiger partial charge is 0.306 e. The molecule has 2 aliphatic heterocycles. The van der Waals surface area contributed by atoms with Crippen molar-refractivity contribution >= 4 is 11.4 Å². The van der Waals surface area contributed by atoms with Crippen LogP contribution in [0.4, 0.5) is 11.4 Å². The molecule has 0 bridgehead atoms. The number of hydrogen-bond donors (Lipinski definition) is 2. The van der Waals surface area contributed by atoms with E-state index in [-0.39, 0.29) is 0 Å². The van der Waals surface area contributed by atoms with Crippen molar-refractivity contribution in [3.8, 4) is 0 Å². The average Bonchev–Trinajstić information content (AvgIpc) is 3.03. The highest BCUT2D eigenvalue weighted by Gasteiger charge is 2.09. The average molecular weight is 214 g/mol. The summed E-state index contributed by atoms with van der Waals surface area (Å²) in [5.41, 5.74) is 8.71. The van der Waals surface area contributed by atoms with E-state index in [1.807, 2.05) is 12.4 Å². The number of benzene rings is 1. The Labute approximate surface area is 94.8 Å². The normalized spacial score (nSPS) is 17.8. The van der Waals surface area contributed by atoms with Crippen molar-refractivity contribution < 1.29 is 0 Å². The van der Waals surface area contributed by atoms with Gasteiger partial charge in [0, 0.05) is 12.4 Å². The van der Waals surface area contributed by atoms with Crippen molar-refractivity contribution in [2.45, 2.75) is 0 Å². The molecule has 0 aliphatic carbocycles. The van der Waals surface area contributed by atoms with Crippen molar-refractivity contribution in [1.29, 1.82) is 0 Å². The van der Waals surface area contributed by atoms with Crippen molar-refractivity contribution in [3.63, 3.8) is 0 Å². The zero-order valence-corrected chi connectivity index (χ0v) is 8.93. The van der Waals surface area contributed by atoms with Gasteiger partial charge in [-0.1, -0.05) is 0 Å². The second-order valence-electron chi connectivity index (χ2n) is 3.80. The van der Waals surface area contributed by atoms with Gasteiger partial charge in [-0.05, 0) is 36.4 Å². The molecule has 2 heterocycles. The zero-order chi connectivity index (χ0) is 10.8. The van der Waals surface area contributed by atoms with Gasteiger partial charge in [-0.25, -0.2) is 0 Å². The summed E-state index contributed by atoms with van der Waals surface area (Å²) in [6, 6.07) is 8.48. The third-order valence-electron chi connectivity index (χ3n) is 2.75. The van der Waals surface area contributed by atoms with Crippen molar-refractivity contribution in [3.05, 3.63) is 48.8 Å². The summed E-state index contributed by atoms with van der Waals surface area (Å²) < 4.78 is 0. The van der Waals surface area contributed by atoms with Gasteiger partial charge in [-0.2, -0.15) is 0 Å². The van der Waals surface area contributed by atoms with E-state index in [1.54, 1.807) is 0 Å². The van der Waals surface area contributed by atoms with Gasteiger partial charge in [0.15, 0.2) is 0 Å². The van der Waals surface area contributed by atoms with Gasteiger partial charge in [0.25, 0.3) is 0 Å². The summed E-state index contributed by atoms with van der Waals surface area (Å²) in [5, 5.41) is 4.19. The Hall–Kier alpha value is -2.10. The van der Waals surface area contributed by atoms with E-state index in [4.69, 9.17) is 0 Å². The lowest BCUT2D eigenvalue weighted by atomic mass is 10.2. The number of nitrogens with one attached hydrogen (secondary N) is 2. The van der Waals surface area contributed by atoms with Crippen LogP contribution >= 0.6 is 0 Å². The Morgan fingerprint density at radius 2 is 1.19 bits per heavy atom. The van der Waals surface area contributed by atoms with Crippen LogP contribution in [-0.2, 0) is 0 Å². The Morgan fingerprint density at radius 1 is 0.750 bits per heavy atom. The van der Waals surface area contributed by atoms with Gasteiger partial charge >= 0.3 is 0 Å². The van der Waals surface area contributed by atoms with E-state index in [9.17, 15) is 0 Å². The lowest BCUT2D eigenvalue weighted by molar-refractivity contribution is 0.830. The van der Waals surface area contributed by atoms with E-state index in [2.05, 4.69) is 57.3 Å². The molecule has 4 heteroatoms. The Morgan fingerprint density at radius 3 is 1.50 bits per heavy atom. The molecule has 82 valence electrons. The van der Waals surface area contributed by atoms with Gasteiger partial charge in [0.2, 0.25) is 0 Å². The minimum absolute atomic E-state index is 0.920. The zero-order valence-electron chi connectivity index (χ0n) is 8.93. The van der Waals surface area contributed by atoms with Crippen molar-refractivity contribution in [2.75, 3.05) is 23.1 Å². The fourth-order valence-corrected chi connectivity index (χ4v) is 1.88.